The first kappa shape index (κ1) is 15.6. The van der Waals surface area contributed by atoms with Gasteiger partial charge < -0.3 is 21.1 Å². The van der Waals surface area contributed by atoms with Gasteiger partial charge in [-0.25, -0.2) is 0 Å². The van der Waals surface area contributed by atoms with Crippen LogP contribution in [0.3, 0.4) is 0 Å². The van der Waals surface area contributed by atoms with Crippen LogP contribution in [0.2, 0.25) is 0 Å². The number of rotatable bonds is 7. The minimum atomic E-state index is -0.0746. The number of benzene rings is 1. The molecule has 1 aliphatic carbocycles. The van der Waals surface area contributed by atoms with Crippen molar-refractivity contribution in [3.8, 4) is 0 Å². The second-order valence-corrected chi connectivity index (χ2v) is 5.49. The van der Waals surface area contributed by atoms with Gasteiger partial charge in [0.1, 0.15) is 0 Å². The summed E-state index contributed by atoms with van der Waals surface area (Å²) in [5, 5.41) is 11.9. The largest absolute Gasteiger partial charge is 0.397 e. The van der Waals surface area contributed by atoms with Crippen LogP contribution < -0.4 is 16.0 Å². The van der Waals surface area contributed by atoms with Crippen molar-refractivity contribution in [2.45, 2.75) is 38.6 Å². The quantitative estimate of drug-likeness (QED) is 0.669. The van der Waals surface area contributed by atoms with Gasteiger partial charge in [-0.05, 0) is 50.8 Å². The Bertz CT molecular complexity index is 486. The van der Waals surface area contributed by atoms with E-state index in [1.54, 1.807) is 12.1 Å². The van der Waals surface area contributed by atoms with Crippen molar-refractivity contribution in [2.24, 2.45) is 0 Å². The van der Waals surface area contributed by atoms with E-state index in [9.17, 15) is 4.79 Å². The van der Waals surface area contributed by atoms with Crippen molar-refractivity contribution in [1.82, 2.24) is 5.32 Å². The zero-order chi connectivity index (χ0) is 15.2. The SMILES string of the molecule is CCNC(=O)c1ccc(N)c(N(CCCO)C2CCC2)c1. The van der Waals surface area contributed by atoms with Crippen LogP contribution in [0.15, 0.2) is 18.2 Å². The summed E-state index contributed by atoms with van der Waals surface area (Å²) in [6.45, 7) is 3.44. The molecule has 0 radical (unpaired) electrons. The Morgan fingerprint density at radius 1 is 1.48 bits per heavy atom. The molecule has 0 atom stereocenters. The van der Waals surface area contributed by atoms with Gasteiger partial charge in [-0.3, -0.25) is 4.79 Å². The van der Waals surface area contributed by atoms with Gasteiger partial charge in [-0.1, -0.05) is 0 Å². The second-order valence-electron chi connectivity index (χ2n) is 5.49. The second kappa shape index (κ2) is 7.31. The highest BCUT2D eigenvalue weighted by molar-refractivity contribution is 5.96. The molecule has 0 aromatic heterocycles. The molecule has 21 heavy (non-hydrogen) atoms. The Labute approximate surface area is 126 Å². The maximum Gasteiger partial charge on any atom is 0.251 e. The molecule has 5 heteroatoms. The van der Waals surface area contributed by atoms with Crippen LogP contribution in [-0.4, -0.2) is 36.8 Å². The Hall–Kier alpha value is -1.75. The summed E-state index contributed by atoms with van der Waals surface area (Å²) in [6.07, 6.45) is 4.24. The number of aliphatic hydroxyl groups excluding tert-OH is 1. The summed E-state index contributed by atoms with van der Waals surface area (Å²) in [4.78, 5) is 14.2. The van der Waals surface area contributed by atoms with Gasteiger partial charge in [-0.15, -0.1) is 0 Å². The third-order valence-corrected chi connectivity index (χ3v) is 4.01. The lowest BCUT2D eigenvalue weighted by Gasteiger charge is -2.40. The molecule has 0 unspecified atom stereocenters. The molecule has 1 aromatic rings. The van der Waals surface area contributed by atoms with Crippen molar-refractivity contribution < 1.29 is 9.90 Å². The van der Waals surface area contributed by atoms with Gasteiger partial charge in [0.2, 0.25) is 0 Å². The summed E-state index contributed by atoms with van der Waals surface area (Å²) in [5.41, 5.74) is 8.35. The van der Waals surface area contributed by atoms with Crippen LogP contribution in [-0.2, 0) is 0 Å². The van der Waals surface area contributed by atoms with Crippen LogP contribution in [0.1, 0.15) is 43.0 Å². The van der Waals surface area contributed by atoms with Gasteiger partial charge >= 0.3 is 0 Å². The molecule has 1 aromatic carbocycles. The molecule has 0 heterocycles. The number of hydrogen-bond donors (Lipinski definition) is 3. The molecule has 1 aliphatic rings. The van der Waals surface area contributed by atoms with Gasteiger partial charge in [0.15, 0.2) is 0 Å². The van der Waals surface area contributed by atoms with Gasteiger partial charge in [0.05, 0.1) is 11.4 Å². The van der Waals surface area contributed by atoms with E-state index < -0.39 is 0 Å². The number of anilines is 2. The molecule has 1 amide bonds. The number of carbonyl (C=O) groups is 1. The molecule has 116 valence electrons. The number of aliphatic hydroxyl groups is 1. The molecule has 1 fully saturated rings. The topological polar surface area (TPSA) is 78.6 Å². The Kier molecular flexibility index (Phi) is 5.44. The average molecular weight is 291 g/mol. The van der Waals surface area contributed by atoms with E-state index in [4.69, 9.17) is 10.8 Å². The Morgan fingerprint density at radius 3 is 2.81 bits per heavy atom. The highest BCUT2D eigenvalue weighted by atomic mass is 16.3. The number of nitrogen functional groups attached to an aromatic ring is 1. The van der Waals surface area contributed by atoms with Gasteiger partial charge in [0.25, 0.3) is 5.91 Å². The maximum absolute atomic E-state index is 12.0. The van der Waals surface area contributed by atoms with Crippen LogP contribution in [0.4, 0.5) is 11.4 Å². The van der Waals surface area contributed by atoms with Crippen LogP contribution in [0, 0.1) is 0 Å². The molecular formula is C16H25N3O2. The lowest BCUT2D eigenvalue weighted by Crippen LogP contribution is -2.41. The number of nitrogens with two attached hydrogens (primary N) is 1. The van der Waals surface area contributed by atoms with E-state index >= 15 is 0 Å². The zero-order valence-electron chi connectivity index (χ0n) is 12.6. The molecule has 4 N–H and O–H groups in total. The van der Waals surface area contributed by atoms with E-state index in [0.29, 0.717) is 30.3 Å². The number of nitrogens with zero attached hydrogens (tertiary/aromatic N) is 1. The fourth-order valence-corrected chi connectivity index (χ4v) is 2.64. The summed E-state index contributed by atoms with van der Waals surface area (Å²) >= 11 is 0. The van der Waals surface area contributed by atoms with Crippen molar-refractivity contribution in [2.75, 3.05) is 30.3 Å². The fourth-order valence-electron chi connectivity index (χ4n) is 2.64. The minimum absolute atomic E-state index is 0.0746. The van der Waals surface area contributed by atoms with E-state index in [-0.39, 0.29) is 12.5 Å². The smallest absolute Gasteiger partial charge is 0.251 e. The molecule has 0 aliphatic heterocycles. The average Bonchev–Trinajstić information content (AvgIpc) is 2.42. The van der Waals surface area contributed by atoms with Crippen molar-refractivity contribution in [1.29, 1.82) is 0 Å². The maximum atomic E-state index is 12.0. The minimum Gasteiger partial charge on any atom is -0.397 e. The molecule has 2 rings (SSSR count). The molecule has 1 saturated carbocycles. The standard InChI is InChI=1S/C16H25N3O2/c1-2-18-16(21)12-7-8-14(17)15(11-12)19(9-4-10-20)13-5-3-6-13/h7-8,11,13,20H,2-6,9-10,17H2,1H3,(H,18,21). The lowest BCUT2D eigenvalue weighted by atomic mass is 9.90. The van der Waals surface area contributed by atoms with Crippen molar-refractivity contribution in [3.05, 3.63) is 23.8 Å². The molecule has 5 nitrogen and oxygen atoms in total. The van der Waals surface area contributed by atoms with E-state index in [2.05, 4.69) is 10.2 Å². The Balaban J connectivity index is 2.25. The third-order valence-electron chi connectivity index (χ3n) is 4.01. The lowest BCUT2D eigenvalue weighted by molar-refractivity contribution is 0.0956. The number of nitrogens with one attached hydrogen (secondary N) is 1. The summed E-state index contributed by atoms with van der Waals surface area (Å²) in [5.74, 6) is -0.0746. The molecular weight excluding hydrogens is 266 g/mol. The van der Waals surface area contributed by atoms with E-state index in [1.807, 2.05) is 13.0 Å². The van der Waals surface area contributed by atoms with Crippen LogP contribution in [0.25, 0.3) is 0 Å². The predicted octanol–water partition coefficient (Wildman–Crippen LogP) is 1.76. The van der Waals surface area contributed by atoms with Gasteiger partial charge in [-0.2, -0.15) is 0 Å². The third kappa shape index (κ3) is 3.67. The number of hydrogen-bond acceptors (Lipinski definition) is 4. The van der Waals surface area contributed by atoms with Crippen LogP contribution in [0.5, 0.6) is 0 Å². The number of amides is 1. The highest BCUT2D eigenvalue weighted by Gasteiger charge is 2.26. The summed E-state index contributed by atoms with van der Waals surface area (Å²) in [7, 11) is 0. The molecule has 0 spiro atoms. The van der Waals surface area contributed by atoms with E-state index in [0.717, 1.165) is 25.1 Å². The summed E-state index contributed by atoms with van der Waals surface area (Å²) < 4.78 is 0. The zero-order valence-corrected chi connectivity index (χ0v) is 12.6. The molecule has 0 saturated heterocycles. The highest BCUT2D eigenvalue weighted by Crippen LogP contribution is 2.33. The first-order valence-corrected chi connectivity index (χ1v) is 7.72. The van der Waals surface area contributed by atoms with Crippen molar-refractivity contribution in [3.63, 3.8) is 0 Å². The monoisotopic (exact) mass is 291 g/mol. The fraction of sp³-hybridized carbons (Fsp3) is 0.562. The Morgan fingerprint density at radius 2 is 2.24 bits per heavy atom. The first-order valence-electron chi connectivity index (χ1n) is 7.72. The molecule has 0 bridgehead atoms. The summed E-state index contributed by atoms with van der Waals surface area (Å²) in [6, 6.07) is 5.90. The van der Waals surface area contributed by atoms with Gasteiger partial charge in [0, 0.05) is 31.3 Å². The van der Waals surface area contributed by atoms with Crippen molar-refractivity contribution >= 4 is 17.3 Å². The predicted molar refractivity (Wildman–Crippen MR) is 85.5 cm³/mol. The first-order chi connectivity index (χ1) is 10.2. The van der Waals surface area contributed by atoms with Crippen LogP contribution >= 0.6 is 0 Å². The van der Waals surface area contributed by atoms with E-state index in [1.165, 1.54) is 6.42 Å². The number of carbonyl (C=O) groups excluding carboxylic acids is 1. The normalized spacial score (nSPS) is 14.6.